The van der Waals surface area contributed by atoms with Crippen LogP contribution < -0.4 is 0 Å². The zero-order valence-electron chi connectivity index (χ0n) is 14.0. The van der Waals surface area contributed by atoms with E-state index in [1.807, 2.05) is 30.3 Å². The van der Waals surface area contributed by atoms with Gasteiger partial charge in [-0.2, -0.15) is 0 Å². The maximum atomic E-state index is 11.4. The standard InChI is InChI=1S/C18H20O7/c1-12(20)22-11-16-18(24-9-14-6-4-3-5-7-14)17(25-13(2)21)15(8-19)10-23-16/h3-8,10,16-18H,9,11H2,1-2H3/t16-,17+,18+/m1/s1. The number of carbonyl (C=O) groups is 3. The van der Waals surface area contributed by atoms with Crippen LogP contribution in [-0.4, -0.2) is 43.1 Å². The van der Waals surface area contributed by atoms with Crippen LogP contribution in [-0.2, 0) is 39.9 Å². The Labute approximate surface area is 145 Å². The molecule has 7 nitrogen and oxygen atoms in total. The van der Waals surface area contributed by atoms with E-state index in [4.69, 9.17) is 18.9 Å². The van der Waals surface area contributed by atoms with Crippen molar-refractivity contribution in [2.45, 2.75) is 38.8 Å². The molecule has 0 bridgehead atoms. The van der Waals surface area contributed by atoms with Crippen LogP contribution >= 0.6 is 0 Å². The van der Waals surface area contributed by atoms with Crippen molar-refractivity contribution in [1.29, 1.82) is 0 Å². The van der Waals surface area contributed by atoms with Gasteiger partial charge < -0.3 is 18.9 Å². The van der Waals surface area contributed by atoms with Crippen LogP contribution in [0.4, 0.5) is 0 Å². The highest BCUT2D eigenvalue weighted by Crippen LogP contribution is 2.25. The summed E-state index contributed by atoms with van der Waals surface area (Å²) in [6.45, 7) is 2.65. The summed E-state index contributed by atoms with van der Waals surface area (Å²) in [5.74, 6) is -1.03. The molecule has 134 valence electrons. The van der Waals surface area contributed by atoms with Gasteiger partial charge in [-0.25, -0.2) is 0 Å². The molecule has 0 spiro atoms. The van der Waals surface area contributed by atoms with E-state index in [1.54, 1.807) is 0 Å². The molecule has 0 radical (unpaired) electrons. The third-order valence-electron chi connectivity index (χ3n) is 3.54. The van der Waals surface area contributed by atoms with Gasteiger partial charge in [0.05, 0.1) is 18.4 Å². The molecular weight excluding hydrogens is 328 g/mol. The van der Waals surface area contributed by atoms with Crippen molar-refractivity contribution in [3.63, 3.8) is 0 Å². The number of aldehydes is 1. The smallest absolute Gasteiger partial charge is 0.303 e. The topological polar surface area (TPSA) is 88.1 Å². The Balaban J connectivity index is 2.19. The fourth-order valence-electron chi connectivity index (χ4n) is 2.40. The highest BCUT2D eigenvalue weighted by Gasteiger charge is 2.40. The first-order valence-corrected chi connectivity index (χ1v) is 7.78. The van der Waals surface area contributed by atoms with Crippen molar-refractivity contribution in [1.82, 2.24) is 0 Å². The molecule has 3 atom stereocenters. The lowest BCUT2D eigenvalue weighted by Crippen LogP contribution is -2.49. The van der Waals surface area contributed by atoms with Gasteiger partial charge in [-0.15, -0.1) is 0 Å². The monoisotopic (exact) mass is 348 g/mol. The van der Waals surface area contributed by atoms with Gasteiger partial charge in [0, 0.05) is 13.8 Å². The number of benzene rings is 1. The second-order valence-electron chi connectivity index (χ2n) is 5.50. The Hall–Kier alpha value is -2.67. The first-order chi connectivity index (χ1) is 12.0. The first-order valence-electron chi connectivity index (χ1n) is 7.78. The molecule has 0 amide bonds. The van der Waals surface area contributed by atoms with Gasteiger partial charge in [0.25, 0.3) is 0 Å². The van der Waals surface area contributed by atoms with E-state index < -0.39 is 30.3 Å². The van der Waals surface area contributed by atoms with Gasteiger partial charge in [-0.05, 0) is 5.56 Å². The Kier molecular flexibility index (Phi) is 6.71. The van der Waals surface area contributed by atoms with Crippen molar-refractivity contribution in [2.75, 3.05) is 6.61 Å². The number of hydrogen-bond acceptors (Lipinski definition) is 7. The summed E-state index contributed by atoms with van der Waals surface area (Å²) in [5.41, 5.74) is 1.05. The quantitative estimate of drug-likeness (QED) is 0.545. The summed E-state index contributed by atoms with van der Waals surface area (Å²) in [7, 11) is 0. The van der Waals surface area contributed by atoms with Crippen LogP contribution in [0.3, 0.4) is 0 Å². The van der Waals surface area contributed by atoms with Crippen LogP contribution in [0, 0.1) is 0 Å². The predicted octanol–water partition coefficient (Wildman–Crippen LogP) is 1.55. The van der Waals surface area contributed by atoms with Gasteiger partial charge in [0.1, 0.15) is 12.7 Å². The van der Waals surface area contributed by atoms with Gasteiger partial charge >= 0.3 is 11.9 Å². The van der Waals surface area contributed by atoms with Crippen LogP contribution in [0.25, 0.3) is 0 Å². The minimum Gasteiger partial charge on any atom is -0.491 e. The van der Waals surface area contributed by atoms with Gasteiger partial charge in [-0.1, -0.05) is 30.3 Å². The number of ether oxygens (including phenoxy) is 4. The lowest BCUT2D eigenvalue weighted by Gasteiger charge is -2.35. The highest BCUT2D eigenvalue weighted by molar-refractivity contribution is 5.76. The molecule has 0 aromatic heterocycles. The molecule has 7 heteroatoms. The molecule has 0 saturated carbocycles. The number of rotatable bonds is 7. The van der Waals surface area contributed by atoms with Crippen molar-refractivity contribution >= 4 is 18.2 Å². The number of hydrogen-bond donors (Lipinski definition) is 0. The zero-order chi connectivity index (χ0) is 18.2. The molecule has 1 heterocycles. The Morgan fingerprint density at radius 3 is 2.48 bits per heavy atom. The third-order valence-corrected chi connectivity index (χ3v) is 3.54. The summed E-state index contributed by atoms with van der Waals surface area (Å²) in [5, 5.41) is 0. The summed E-state index contributed by atoms with van der Waals surface area (Å²) in [6, 6.07) is 9.37. The SMILES string of the molecule is CC(=O)OC[C@H]1OC=C(C=O)[C@H](OC(C)=O)[C@H]1OCc1ccccc1. The summed E-state index contributed by atoms with van der Waals surface area (Å²) >= 11 is 0. The average molecular weight is 348 g/mol. The molecule has 2 rings (SSSR count). The van der Waals surface area contributed by atoms with Crippen molar-refractivity contribution in [3.8, 4) is 0 Å². The van der Waals surface area contributed by atoms with Gasteiger partial charge in [0.15, 0.2) is 18.5 Å². The second-order valence-corrected chi connectivity index (χ2v) is 5.50. The van der Waals surface area contributed by atoms with E-state index in [9.17, 15) is 14.4 Å². The fourth-order valence-corrected chi connectivity index (χ4v) is 2.40. The molecule has 1 aliphatic heterocycles. The summed E-state index contributed by atoms with van der Waals surface area (Å²) in [6.07, 6.45) is -0.687. The highest BCUT2D eigenvalue weighted by atomic mass is 16.6. The lowest BCUT2D eigenvalue weighted by atomic mass is 9.99. The molecule has 0 aliphatic carbocycles. The fraction of sp³-hybridized carbons (Fsp3) is 0.389. The predicted molar refractivity (Wildman–Crippen MR) is 86.2 cm³/mol. The molecule has 0 N–H and O–H groups in total. The molecule has 1 aromatic carbocycles. The first kappa shape index (κ1) is 18.7. The average Bonchev–Trinajstić information content (AvgIpc) is 2.59. The normalized spacial score (nSPS) is 22.3. The van der Waals surface area contributed by atoms with E-state index in [1.165, 1.54) is 20.1 Å². The van der Waals surface area contributed by atoms with Gasteiger partial charge in [0.2, 0.25) is 0 Å². The zero-order valence-corrected chi connectivity index (χ0v) is 14.0. The molecule has 1 aliphatic rings. The van der Waals surface area contributed by atoms with Crippen molar-refractivity contribution in [3.05, 3.63) is 47.7 Å². The summed E-state index contributed by atoms with van der Waals surface area (Å²) in [4.78, 5) is 33.8. The van der Waals surface area contributed by atoms with E-state index >= 15 is 0 Å². The van der Waals surface area contributed by atoms with E-state index in [0.29, 0.717) is 6.29 Å². The van der Waals surface area contributed by atoms with Gasteiger partial charge in [-0.3, -0.25) is 14.4 Å². The largest absolute Gasteiger partial charge is 0.491 e. The minimum atomic E-state index is -0.937. The molecule has 1 aromatic rings. The second kappa shape index (κ2) is 8.98. The molecule has 0 fully saturated rings. The Morgan fingerprint density at radius 2 is 1.88 bits per heavy atom. The Bertz CT molecular complexity index is 638. The van der Waals surface area contributed by atoms with Crippen LogP contribution in [0.2, 0.25) is 0 Å². The Morgan fingerprint density at radius 1 is 1.16 bits per heavy atom. The molecule has 0 saturated heterocycles. The summed E-state index contributed by atoms with van der Waals surface area (Å²) < 4.78 is 21.6. The van der Waals surface area contributed by atoms with E-state index in [0.717, 1.165) is 5.56 Å². The number of esters is 2. The molecule has 25 heavy (non-hydrogen) atoms. The van der Waals surface area contributed by atoms with Crippen molar-refractivity contribution in [2.24, 2.45) is 0 Å². The maximum Gasteiger partial charge on any atom is 0.303 e. The lowest BCUT2D eigenvalue weighted by molar-refractivity contribution is -0.173. The van der Waals surface area contributed by atoms with E-state index in [2.05, 4.69) is 0 Å². The van der Waals surface area contributed by atoms with Crippen LogP contribution in [0.1, 0.15) is 19.4 Å². The van der Waals surface area contributed by atoms with Crippen LogP contribution in [0.15, 0.2) is 42.2 Å². The molecular formula is C18H20O7. The minimum absolute atomic E-state index is 0.0881. The maximum absolute atomic E-state index is 11.4. The number of carbonyl (C=O) groups excluding carboxylic acids is 3. The molecule has 0 unspecified atom stereocenters. The van der Waals surface area contributed by atoms with Crippen LogP contribution in [0.5, 0.6) is 0 Å². The third kappa shape index (κ3) is 5.42. The van der Waals surface area contributed by atoms with E-state index in [-0.39, 0.29) is 18.8 Å². The van der Waals surface area contributed by atoms with Crippen molar-refractivity contribution < 1.29 is 33.3 Å².